The van der Waals surface area contributed by atoms with Crippen molar-refractivity contribution >= 4 is 0 Å². The summed E-state index contributed by atoms with van der Waals surface area (Å²) in [6, 6.07) is 6.84. The van der Waals surface area contributed by atoms with Crippen molar-refractivity contribution in [1.29, 1.82) is 0 Å². The summed E-state index contributed by atoms with van der Waals surface area (Å²) < 4.78 is 37.7. The average Bonchev–Trinajstić information content (AvgIpc) is 2.78. The fourth-order valence-corrected chi connectivity index (χ4v) is 1.88. The zero-order valence-corrected chi connectivity index (χ0v) is 11.0. The van der Waals surface area contributed by atoms with Crippen molar-refractivity contribution in [1.82, 2.24) is 10.2 Å². The van der Waals surface area contributed by atoms with Gasteiger partial charge in [0.05, 0.1) is 5.69 Å². The number of nitrogens with one attached hydrogen (secondary N) is 1. The van der Waals surface area contributed by atoms with E-state index < -0.39 is 11.9 Å². The minimum Gasteiger partial charge on any atom is -0.273 e. The van der Waals surface area contributed by atoms with E-state index in [1.807, 2.05) is 44.1 Å². The predicted octanol–water partition coefficient (Wildman–Crippen LogP) is 4.53. The van der Waals surface area contributed by atoms with Gasteiger partial charge >= 0.3 is 6.18 Å². The van der Waals surface area contributed by atoms with Crippen LogP contribution in [-0.2, 0) is 6.18 Å². The Morgan fingerprint density at radius 1 is 1.16 bits per heavy atom. The lowest BCUT2D eigenvalue weighted by molar-refractivity contribution is -0.141. The summed E-state index contributed by atoms with van der Waals surface area (Å²) in [5, 5.41) is 5.81. The molecular weight excluding hydrogens is 253 g/mol. The van der Waals surface area contributed by atoms with Gasteiger partial charge in [-0.05, 0) is 36.1 Å². The van der Waals surface area contributed by atoms with Crippen LogP contribution in [0.25, 0.3) is 11.3 Å². The van der Waals surface area contributed by atoms with Gasteiger partial charge in [-0.15, -0.1) is 0 Å². The molecule has 0 aliphatic heterocycles. The Kier molecular flexibility index (Phi) is 3.39. The predicted molar refractivity (Wildman–Crippen MR) is 67.9 cm³/mol. The second-order valence-corrected chi connectivity index (χ2v) is 4.89. The molecule has 0 fully saturated rings. The number of aryl methyl sites for hydroxylation is 1. The molecule has 19 heavy (non-hydrogen) atoms. The van der Waals surface area contributed by atoms with Crippen molar-refractivity contribution in [2.24, 2.45) is 0 Å². The van der Waals surface area contributed by atoms with Gasteiger partial charge in [0, 0.05) is 5.56 Å². The fourth-order valence-electron chi connectivity index (χ4n) is 1.88. The number of nitrogens with zero attached hydrogens (tertiary/aromatic N) is 1. The zero-order valence-electron chi connectivity index (χ0n) is 11.0. The van der Waals surface area contributed by atoms with Crippen molar-refractivity contribution < 1.29 is 13.2 Å². The standard InChI is InChI=1S/C14H15F3N2/c1-8(2)10-5-4-9(3)11(6-10)12-7-13(19-18-12)14(15,16)17/h4-8H,1-3H3,(H,18,19). The van der Waals surface area contributed by atoms with Crippen LogP contribution >= 0.6 is 0 Å². The maximum atomic E-state index is 12.6. The van der Waals surface area contributed by atoms with E-state index in [4.69, 9.17) is 0 Å². The number of aromatic amines is 1. The topological polar surface area (TPSA) is 28.7 Å². The Bertz CT molecular complexity index is 583. The number of halogens is 3. The summed E-state index contributed by atoms with van der Waals surface area (Å²) in [7, 11) is 0. The van der Waals surface area contributed by atoms with E-state index in [0.29, 0.717) is 11.6 Å². The molecule has 2 aromatic rings. The lowest BCUT2D eigenvalue weighted by Gasteiger charge is -2.09. The van der Waals surface area contributed by atoms with Gasteiger partial charge in [-0.1, -0.05) is 26.0 Å². The number of benzene rings is 1. The molecule has 1 N–H and O–H groups in total. The first kappa shape index (κ1) is 13.6. The number of rotatable bonds is 2. The van der Waals surface area contributed by atoms with Gasteiger partial charge in [0.15, 0.2) is 0 Å². The smallest absolute Gasteiger partial charge is 0.273 e. The highest BCUT2D eigenvalue weighted by atomic mass is 19.4. The number of H-pyrrole nitrogens is 1. The molecule has 1 aromatic carbocycles. The van der Waals surface area contributed by atoms with E-state index in [2.05, 4.69) is 5.10 Å². The molecule has 2 nitrogen and oxygen atoms in total. The summed E-state index contributed by atoms with van der Waals surface area (Å²) in [5.74, 6) is 0.320. The minimum atomic E-state index is -4.39. The van der Waals surface area contributed by atoms with Crippen molar-refractivity contribution in [2.75, 3.05) is 0 Å². The molecule has 0 bridgehead atoms. The van der Waals surface area contributed by atoms with Crippen molar-refractivity contribution in [2.45, 2.75) is 32.9 Å². The third-order valence-corrected chi connectivity index (χ3v) is 3.09. The molecule has 2 rings (SSSR count). The molecular formula is C14H15F3N2. The van der Waals surface area contributed by atoms with Crippen LogP contribution in [0.2, 0.25) is 0 Å². The second kappa shape index (κ2) is 4.72. The molecule has 102 valence electrons. The first-order valence-corrected chi connectivity index (χ1v) is 6.02. The van der Waals surface area contributed by atoms with Gasteiger partial charge in [-0.25, -0.2) is 0 Å². The highest BCUT2D eigenvalue weighted by Crippen LogP contribution is 2.32. The SMILES string of the molecule is Cc1ccc(C(C)C)cc1-c1cc(C(F)(F)F)[nH]n1. The van der Waals surface area contributed by atoms with E-state index in [1.54, 1.807) is 0 Å². The molecule has 0 radical (unpaired) electrons. The Hall–Kier alpha value is -1.78. The summed E-state index contributed by atoms with van der Waals surface area (Å²) in [6.07, 6.45) is -4.39. The second-order valence-electron chi connectivity index (χ2n) is 4.89. The van der Waals surface area contributed by atoms with E-state index >= 15 is 0 Å². The molecule has 1 aromatic heterocycles. The van der Waals surface area contributed by atoms with Crippen molar-refractivity contribution in [3.63, 3.8) is 0 Å². The summed E-state index contributed by atoms with van der Waals surface area (Å²) in [5.41, 5.74) is 2.23. The fraction of sp³-hybridized carbons (Fsp3) is 0.357. The third kappa shape index (κ3) is 2.80. The van der Waals surface area contributed by atoms with Crippen LogP contribution in [0.15, 0.2) is 24.3 Å². The van der Waals surface area contributed by atoms with Gasteiger partial charge in [0.1, 0.15) is 5.69 Å². The third-order valence-electron chi connectivity index (χ3n) is 3.09. The largest absolute Gasteiger partial charge is 0.432 e. The number of aromatic nitrogens is 2. The lowest BCUT2D eigenvalue weighted by Crippen LogP contribution is -2.04. The maximum Gasteiger partial charge on any atom is 0.432 e. The molecule has 5 heteroatoms. The van der Waals surface area contributed by atoms with E-state index in [-0.39, 0.29) is 0 Å². The van der Waals surface area contributed by atoms with Crippen LogP contribution in [0.1, 0.15) is 36.6 Å². The summed E-state index contributed by atoms with van der Waals surface area (Å²) in [4.78, 5) is 0. The Labute approximate surface area is 109 Å². The van der Waals surface area contributed by atoms with Crippen LogP contribution < -0.4 is 0 Å². The first-order valence-electron chi connectivity index (χ1n) is 6.02. The van der Waals surface area contributed by atoms with Gasteiger partial charge in [0.25, 0.3) is 0 Å². The quantitative estimate of drug-likeness (QED) is 0.851. The van der Waals surface area contributed by atoms with Crippen LogP contribution in [0, 0.1) is 6.92 Å². The van der Waals surface area contributed by atoms with Gasteiger partial charge in [0.2, 0.25) is 0 Å². The molecule has 0 unspecified atom stereocenters. The Balaban J connectivity index is 2.47. The van der Waals surface area contributed by atoms with E-state index in [1.165, 1.54) is 0 Å². The molecule has 0 saturated carbocycles. The van der Waals surface area contributed by atoms with Crippen molar-refractivity contribution in [3.8, 4) is 11.3 Å². The molecule has 0 saturated heterocycles. The van der Waals surface area contributed by atoms with E-state index in [9.17, 15) is 13.2 Å². The monoisotopic (exact) mass is 268 g/mol. The minimum absolute atomic E-state index is 0.320. The van der Waals surface area contributed by atoms with Crippen LogP contribution in [0.4, 0.5) is 13.2 Å². The van der Waals surface area contributed by atoms with Gasteiger partial charge in [-0.2, -0.15) is 18.3 Å². The Morgan fingerprint density at radius 2 is 1.84 bits per heavy atom. The number of hydrogen-bond donors (Lipinski definition) is 1. The average molecular weight is 268 g/mol. The summed E-state index contributed by atoms with van der Waals surface area (Å²) >= 11 is 0. The zero-order chi connectivity index (χ0) is 14.2. The molecule has 0 amide bonds. The molecule has 0 aliphatic rings. The number of alkyl halides is 3. The van der Waals surface area contributed by atoms with Gasteiger partial charge in [-0.3, -0.25) is 5.10 Å². The Morgan fingerprint density at radius 3 is 2.37 bits per heavy atom. The van der Waals surface area contributed by atoms with Gasteiger partial charge < -0.3 is 0 Å². The molecule has 0 atom stereocenters. The summed E-state index contributed by atoms with van der Waals surface area (Å²) in [6.45, 7) is 5.95. The first-order chi connectivity index (χ1) is 8.79. The van der Waals surface area contributed by atoms with E-state index in [0.717, 1.165) is 22.8 Å². The molecule has 0 spiro atoms. The van der Waals surface area contributed by atoms with Crippen molar-refractivity contribution in [3.05, 3.63) is 41.1 Å². The van der Waals surface area contributed by atoms with Crippen LogP contribution in [-0.4, -0.2) is 10.2 Å². The maximum absolute atomic E-state index is 12.6. The highest BCUT2D eigenvalue weighted by molar-refractivity contribution is 5.65. The van der Waals surface area contributed by atoms with Crippen LogP contribution in [0.3, 0.4) is 0 Å². The lowest BCUT2D eigenvalue weighted by atomic mass is 9.96. The highest BCUT2D eigenvalue weighted by Gasteiger charge is 2.33. The normalized spacial score (nSPS) is 12.2. The molecule has 0 aliphatic carbocycles. The molecule has 1 heterocycles. The van der Waals surface area contributed by atoms with Crippen LogP contribution in [0.5, 0.6) is 0 Å². The number of hydrogen-bond acceptors (Lipinski definition) is 1.